The molecule has 0 bridgehead atoms. The second-order valence-corrected chi connectivity index (χ2v) is 5.86. The molecule has 16 heavy (non-hydrogen) atoms. The lowest BCUT2D eigenvalue weighted by Crippen LogP contribution is -2.41. The van der Waals surface area contributed by atoms with Gasteiger partial charge >= 0.3 is 0 Å². The highest BCUT2D eigenvalue weighted by Gasteiger charge is 2.22. The molecule has 0 atom stereocenters. The van der Waals surface area contributed by atoms with E-state index in [0.717, 1.165) is 26.3 Å². The van der Waals surface area contributed by atoms with E-state index in [0.29, 0.717) is 5.41 Å². The van der Waals surface area contributed by atoms with Crippen molar-refractivity contribution in [2.75, 3.05) is 32.8 Å². The molecule has 1 fully saturated rings. The van der Waals surface area contributed by atoms with Crippen LogP contribution in [0.5, 0.6) is 0 Å². The van der Waals surface area contributed by atoms with E-state index >= 15 is 0 Å². The molecule has 2 nitrogen and oxygen atoms in total. The fourth-order valence-electron chi connectivity index (χ4n) is 2.47. The van der Waals surface area contributed by atoms with Gasteiger partial charge in [-0.15, -0.1) is 0 Å². The number of unbranched alkanes of at least 4 members (excludes halogenated alkanes) is 3. The Morgan fingerprint density at radius 3 is 2.38 bits per heavy atom. The molecule has 0 radical (unpaired) electrons. The molecule has 1 rings (SSSR count). The summed E-state index contributed by atoms with van der Waals surface area (Å²) in [6.07, 6.45) is 6.90. The summed E-state index contributed by atoms with van der Waals surface area (Å²) in [5.41, 5.74) is 0.477. The predicted molar refractivity (Wildman–Crippen MR) is 69.8 cm³/mol. The molecule has 0 aromatic rings. The van der Waals surface area contributed by atoms with Crippen molar-refractivity contribution in [2.45, 2.75) is 52.9 Å². The van der Waals surface area contributed by atoms with Gasteiger partial charge in [0.2, 0.25) is 0 Å². The molecule has 0 aliphatic carbocycles. The molecule has 0 aromatic carbocycles. The van der Waals surface area contributed by atoms with Crippen LogP contribution in [0.4, 0.5) is 0 Å². The van der Waals surface area contributed by atoms with E-state index < -0.39 is 0 Å². The highest BCUT2D eigenvalue weighted by Crippen LogP contribution is 2.25. The van der Waals surface area contributed by atoms with Crippen molar-refractivity contribution in [3.05, 3.63) is 0 Å². The van der Waals surface area contributed by atoms with E-state index in [9.17, 15) is 0 Å². The SMILES string of the molecule is CCCCCCC(C)(C)CN1CCOCC1. The monoisotopic (exact) mass is 227 g/mol. The maximum absolute atomic E-state index is 5.39. The van der Waals surface area contributed by atoms with Crippen molar-refractivity contribution < 1.29 is 4.74 Å². The standard InChI is InChI=1S/C14H29NO/c1-4-5-6-7-8-14(2,3)13-15-9-11-16-12-10-15/h4-13H2,1-3H3. The van der Waals surface area contributed by atoms with E-state index in [-0.39, 0.29) is 0 Å². The third kappa shape index (κ3) is 5.86. The van der Waals surface area contributed by atoms with Gasteiger partial charge in [-0.1, -0.05) is 46.5 Å². The average molecular weight is 227 g/mol. The van der Waals surface area contributed by atoms with Crippen LogP contribution >= 0.6 is 0 Å². The smallest absolute Gasteiger partial charge is 0.0594 e. The van der Waals surface area contributed by atoms with Crippen LogP contribution in [0, 0.1) is 5.41 Å². The van der Waals surface area contributed by atoms with Crippen LogP contribution in [0.25, 0.3) is 0 Å². The van der Waals surface area contributed by atoms with Gasteiger partial charge < -0.3 is 4.74 Å². The normalized spacial score (nSPS) is 18.9. The Hall–Kier alpha value is -0.0800. The van der Waals surface area contributed by atoms with E-state index in [1.165, 1.54) is 38.6 Å². The second kappa shape index (κ2) is 7.29. The molecule has 1 heterocycles. The summed E-state index contributed by atoms with van der Waals surface area (Å²) in [5.74, 6) is 0. The lowest BCUT2D eigenvalue weighted by Gasteiger charge is -2.35. The molecule has 1 saturated heterocycles. The Bertz CT molecular complexity index is 174. The van der Waals surface area contributed by atoms with Gasteiger partial charge in [-0.25, -0.2) is 0 Å². The Kier molecular flexibility index (Phi) is 6.37. The number of hydrogen-bond donors (Lipinski definition) is 0. The van der Waals surface area contributed by atoms with Crippen molar-refractivity contribution >= 4 is 0 Å². The fraction of sp³-hybridized carbons (Fsp3) is 1.00. The molecular formula is C14H29NO. The Morgan fingerprint density at radius 2 is 1.75 bits per heavy atom. The Morgan fingerprint density at radius 1 is 1.06 bits per heavy atom. The molecule has 0 saturated carbocycles. The maximum Gasteiger partial charge on any atom is 0.0594 e. The first-order chi connectivity index (χ1) is 7.64. The molecule has 0 spiro atoms. The van der Waals surface area contributed by atoms with Gasteiger partial charge in [-0.2, -0.15) is 0 Å². The molecule has 0 N–H and O–H groups in total. The number of ether oxygens (including phenoxy) is 1. The first-order valence-electron chi connectivity index (χ1n) is 6.94. The van der Waals surface area contributed by atoms with Crippen LogP contribution in [0.3, 0.4) is 0 Å². The summed E-state index contributed by atoms with van der Waals surface area (Å²) in [6.45, 7) is 12.4. The van der Waals surface area contributed by atoms with Gasteiger partial charge in [-0.05, 0) is 11.8 Å². The van der Waals surface area contributed by atoms with E-state index in [4.69, 9.17) is 4.74 Å². The molecule has 1 aliphatic rings. The highest BCUT2D eigenvalue weighted by molar-refractivity contribution is 4.75. The lowest BCUT2D eigenvalue weighted by molar-refractivity contribution is 0.0197. The topological polar surface area (TPSA) is 12.5 Å². The summed E-state index contributed by atoms with van der Waals surface area (Å²) < 4.78 is 5.39. The fourth-order valence-corrected chi connectivity index (χ4v) is 2.47. The summed E-state index contributed by atoms with van der Waals surface area (Å²) in [6, 6.07) is 0. The zero-order valence-corrected chi connectivity index (χ0v) is 11.4. The molecule has 0 unspecified atom stereocenters. The van der Waals surface area contributed by atoms with E-state index in [1.807, 2.05) is 0 Å². The number of nitrogens with zero attached hydrogens (tertiary/aromatic N) is 1. The van der Waals surface area contributed by atoms with Crippen molar-refractivity contribution in [3.8, 4) is 0 Å². The molecule has 0 aromatic heterocycles. The summed E-state index contributed by atoms with van der Waals surface area (Å²) in [5, 5.41) is 0. The minimum atomic E-state index is 0.477. The largest absolute Gasteiger partial charge is 0.379 e. The van der Waals surface area contributed by atoms with Gasteiger partial charge in [0.05, 0.1) is 13.2 Å². The summed E-state index contributed by atoms with van der Waals surface area (Å²) >= 11 is 0. The Labute approximate surface area is 101 Å². The average Bonchev–Trinajstić information content (AvgIpc) is 2.25. The summed E-state index contributed by atoms with van der Waals surface area (Å²) in [7, 11) is 0. The third-order valence-corrected chi connectivity index (χ3v) is 3.46. The molecule has 1 aliphatic heterocycles. The molecule has 96 valence electrons. The first kappa shape index (κ1) is 14.0. The molecule has 2 heteroatoms. The van der Waals surface area contributed by atoms with Crippen molar-refractivity contribution in [3.63, 3.8) is 0 Å². The Balaban J connectivity index is 2.16. The third-order valence-electron chi connectivity index (χ3n) is 3.46. The number of rotatable bonds is 7. The van der Waals surface area contributed by atoms with Crippen LogP contribution in [-0.2, 0) is 4.74 Å². The van der Waals surface area contributed by atoms with Crippen molar-refractivity contribution in [1.82, 2.24) is 4.90 Å². The van der Waals surface area contributed by atoms with Crippen molar-refractivity contribution in [1.29, 1.82) is 0 Å². The summed E-state index contributed by atoms with van der Waals surface area (Å²) in [4.78, 5) is 2.56. The van der Waals surface area contributed by atoms with Gasteiger partial charge in [0.1, 0.15) is 0 Å². The van der Waals surface area contributed by atoms with Gasteiger partial charge in [0, 0.05) is 19.6 Å². The van der Waals surface area contributed by atoms with Gasteiger partial charge in [0.25, 0.3) is 0 Å². The van der Waals surface area contributed by atoms with Gasteiger partial charge in [0.15, 0.2) is 0 Å². The number of hydrogen-bond acceptors (Lipinski definition) is 2. The second-order valence-electron chi connectivity index (χ2n) is 5.86. The minimum Gasteiger partial charge on any atom is -0.379 e. The lowest BCUT2D eigenvalue weighted by atomic mass is 9.86. The predicted octanol–water partition coefficient (Wildman–Crippen LogP) is 3.32. The zero-order chi connectivity index (χ0) is 11.9. The van der Waals surface area contributed by atoms with Crippen molar-refractivity contribution in [2.24, 2.45) is 5.41 Å². The molecular weight excluding hydrogens is 198 g/mol. The van der Waals surface area contributed by atoms with Crippen LogP contribution in [0.15, 0.2) is 0 Å². The minimum absolute atomic E-state index is 0.477. The first-order valence-corrected chi connectivity index (χ1v) is 6.94. The van der Waals surface area contributed by atoms with Crippen LogP contribution < -0.4 is 0 Å². The maximum atomic E-state index is 5.39. The quantitative estimate of drug-likeness (QED) is 0.619. The van der Waals surface area contributed by atoms with Crippen LogP contribution in [0.1, 0.15) is 52.9 Å². The van der Waals surface area contributed by atoms with Crippen LogP contribution in [0.2, 0.25) is 0 Å². The molecule has 0 amide bonds. The zero-order valence-electron chi connectivity index (χ0n) is 11.4. The van der Waals surface area contributed by atoms with Crippen LogP contribution in [-0.4, -0.2) is 37.7 Å². The highest BCUT2D eigenvalue weighted by atomic mass is 16.5. The van der Waals surface area contributed by atoms with Gasteiger partial charge in [-0.3, -0.25) is 4.90 Å². The number of morpholine rings is 1. The van der Waals surface area contributed by atoms with E-state index in [2.05, 4.69) is 25.7 Å². The van der Waals surface area contributed by atoms with E-state index in [1.54, 1.807) is 0 Å².